The van der Waals surface area contributed by atoms with Crippen LogP contribution in [-0.2, 0) is 6.54 Å². The molecule has 0 aliphatic heterocycles. The molecule has 2 aromatic carbocycles. The lowest BCUT2D eigenvalue weighted by atomic mass is 10.2. The molecule has 0 aliphatic rings. The Bertz CT molecular complexity index is 1010. The third kappa shape index (κ3) is 4.07. The Morgan fingerprint density at radius 3 is 2.48 bits per heavy atom. The van der Waals surface area contributed by atoms with Crippen LogP contribution < -0.4 is 0 Å². The number of rotatable bonds is 6. The van der Waals surface area contributed by atoms with Crippen molar-refractivity contribution in [1.82, 2.24) is 24.3 Å². The van der Waals surface area contributed by atoms with Crippen LogP contribution >= 0.6 is 23.4 Å². The molecule has 0 amide bonds. The second-order valence-electron chi connectivity index (χ2n) is 6.13. The molecule has 0 radical (unpaired) electrons. The van der Waals surface area contributed by atoms with Gasteiger partial charge in [-0.25, -0.2) is 4.98 Å². The SMILES string of the molecule is Cc1ccc(-n2c(SCCn3ccnc3)nnc2-c2ccc(Cl)cc2)cc1. The molecular formula is C20H18ClN5S. The van der Waals surface area contributed by atoms with Gasteiger partial charge in [0, 0.05) is 41.0 Å². The maximum atomic E-state index is 6.04. The van der Waals surface area contributed by atoms with Crippen LogP contribution in [0.2, 0.25) is 5.02 Å². The first-order valence-corrected chi connectivity index (χ1v) is 9.94. The summed E-state index contributed by atoms with van der Waals surface area (Å²) in [4.78, 5) is 4.08. The summed E-state index contributed by atoms with van der Waals surface area (Å²) in [5.41, 5.74) is 3.24. The molecule has 0 unspecified atom stereocenters. The normalized spacial score (nSPS) is 11.0. The number of thioether (sulfide) groups is 1. The van der Waals surface area contributed by atoms with E-state index in [1.54, 1.807) is 18.0 Å². The van der Waals surface area contributed by atoms with Gasteiger partial charge in [0.15, 0.2) is 11.0 Å². The molecule has 136 valence electrons. The van der Waals surface area contributed by atoms with Crippen molar-refractivity contribution in [2.24, 2.45) is 0 Å². The number of hydrogen-bond acceptors (Lipinski definition) is 4. The van der Waals surface area contributed by atoms with E-state index in [2.05, 4.69) is 55.5 Å². The third-order valence-electron chi connectivity index (χ3n) is 4.17. The molecule has 0 aliphatic carbocycles. The molecule has 0 N–H and O–H groups in total. The highest BCUT2D eigenvalue weighted by molar-refractivity contribution is 7.99. The first-order valence-electron chi connectivity index (χ1n) is 8.57. The Morgan fingerprint density at radius 1 is 1.00 bits per heavy atom. The third-order valence-corrected chi connectivity index (χ3v) is 5.33. The predicted molar refractivity (Wildman–Crippen MR) is 109 cm³/mol. The highest BCUT2D eigenvalue weighted by Gasteiger charge is 2.16. The molecule has 0 saturated carbocycles. The van der Waals surface area contributed by atoms with Crippen molar-refractivity contribution in [3.63, 3.8) is 0 Å². The van der Waals surface area contributed by atoms with E-state index in [0.717, 1.165) is 34.5 Å². The molecule has 2 aromatic heterocycles. The van der Waals surface area contributed by atoms with Crippen LogP contribution in [0.4, 0.5) is 0 Å². The summed E-state index contributed by atoms with van der Waals surface area (Å²) in [7, 11) is 0. The number of benzene rings is 2. The van der Waals surface area contributed by atoms with Gasteiger partial charge in [-0.2, -0.15) is 0 Å². The lowest BCUT2D eigenvalue weighted by molar-refractivity contribution is 0.767. The van der Waals surface area contributed by atoms with Crippen LogP contribution in [0.15, 0.2) is 72.4 Å². The average molecular weight is 396 g/mol. The van der Waals surface area contributed by atoms with Gasteiger partial charge in [0.2, 0.25) is 0 Å². The van der Waals surface area contributed by atoms with E-state index in [1.807, 2.05) is 36.8 Å². The molecule has 4 aromatic rings. The van der Waals surface area contributed by atoms with Crippen molar-refractivity contribution in [3.8, 4) is 17.1 Å². The van der Waals surface area contributed by atoms with Crippen LogP contribution in [0.3, 0.4) is 0 Å². The summed E-state index contributed by atoms with van der Waals surface area (Å²) in [6.07, 6.45) is 5.58. The van der Waals surface area contributed by atoms with Crippen molar-refractivity contribution in [1.29, 1.82) is 0 Å². The van der Waals surface area contributed by atoms with Gasteiger partial charge in [0.25, 0.3) is 0 Å². The van der Waals surface area contributed by atoms with E-state index in [1.165, 1.54) is 5.56 Å². The van der Waals surface area contributed by atoms with E-state index in [-0.39, 0.29) is 0 Å². The summed E-state index contributed by atoms with van der Waals surface area (Å²) >= 11 is 7.72. The van der Waals surface area contributed by atoms with E-state index in [4.69, 9.17) is 11.6 Å². The monoisotopic (exact) mass is 395 g/mol. The predicted octanol–water partition coefficient (Wildman–Crippen LogP) is 4.88. The van der Waals surface area contributed by atoms with Crippen LogP contribution in [0.25, 0.3) is 17.1 Å². The fourth-order valence-corrected chi connectivity index (χ4v) is 3.77. The van der Waals surface area contributed by atoms with Crippen molar-refractivity contribution < 1.29 is 0 Å². The molecule has 4 rings (SSSR count). The molecule has 0 spiro atoms. The highest BCUT2D eigenvalue weighted by Crippen LogP contribution is 2.29. The van der Waals surface area contributed by atoms with Gasteiger partial charge in [-0.3, -0.25) is 4.57 Å². The average Bonchev–Trinajstić information content (AvgIpc) is 3.33. The second kappa shape index (κ2) is 7.98. The first kappa shape index (κ1) is 17.8. The van der Waals surface area contributed by atoms with Crippen LogP contribution in [0.1, 0.15) is 5.56 Å². The van der Waals surface area contributed by atoms with Crippen LogP contribution in [0, 0.1) is 6.92 Å². The topological polar surface area (TPSA) is 48.5 Å². The molecule has 0 saturated heterocycles. The van der Waals surface area contributed by atoms with Crippen molar-refractivity contribution in [2.75, 3.05) is 5.75 Å². The van der Waals surface area contributed by atoms with Crippen LogP contribution in [-0.4, -0.2) is 30.1 Å². The van der Waals surface area contributed by atoms with Gasteiger partial charge in [-0.1, -0.05) is 41.1 Å². The lowest BCUT2D eigenvalue weighted by Crippen LogP contribution is -2.02. The Hall–Kier alpha value is -2.57. The number of nitrogens with zero attached hydrogens (tertiary/aromatic N) is 5. The zero-order valence-electron chi connectivity index (χ0n) is 14.8. The maximum Gasteiger partial charge on any atom is 0.196 e. The minimum absolute atomic E-state index is 0.704. The van der Waals surface area contributed by atoms with E-state index in [0.29, 0.717) is 5.02 Å². The Labute approximate surface area is 167 Å². The van der Waals surface area contributed by atoms with Crippen molar-refractivity contribution in [2.45, 2.75) is 18.6 Å². The van der Waals surface area contributed by atoms with E-state index < -0.39 is 0 Å². The molecule has 0 bridgehead atoms. The minimum atomic E-state index is 0.704. The summed E-state index contributed by atoms with van der Waals surface area (Å²) < 4.78 is 4.15. The maximum absolute atomic E-state index is 6.04. The number of imidazole rings is 1. The summed E-state index contributed by atoms with van der Waals surface area (Å²) in [5, 5.41) is 10.5. The molecule has 7 heteroatoms. The number of hydrogen-bond donors (Lipinski definition) is 0. The molecule has 2 heterocycles. The summed E-state index contributed by atoms with van der Waals surface area (Å²) in [6, 6.07) is 16.1. The quantitative estimate of drug-likeness (QED) is 0.436. The largest absolute Gasteiger partial charge is 0.337 e. The lowest BCUT2D eigenvalue weighted by Gasteiger charge is -2.11. The van der Waals surface area contributed by atoms with Gasteiger partial charge in [-0.15, -0.1) is 10.2 Å². The smallest absolute Gasteiger partial charge is 0.196 e. The van der Waals surface area contributed by atoms with Gasteiger partial charge in [-0.05, 0) is 43.3 Å². The van der Waals surface area contributed by atoms with Gasteiger partial charge in [0.1, 0.15) is 0 Å². The second-order valence-corrected chi connectivity index (χ2v) is 7.63. The fourth-order valence-electron chi connectivity index (χ4n) is 2.74. The molecule has 5 nitrogen and oxygen atoms in total. The zero-order valence-corrected chi connectivity index (χ0v) is 16.4. The standard InChI is InChI=1S/C20H18ClN5S/c1-15-2-8-18(9-3-15)26-19(16-4-6-17(21)7-5-16)23-24-20(26)27-13-12-25-11-10-22-14-25/h2-11,14H,12-13H2,1H3. The van der Waals surface area contributed by atoms with Crippen molar-refractivity contribution >= 4 is 23.4 Å². The molecule has 27 heavy (non-hydrogen) atoms. The van der Waals surface area contributed by atoms with Gasteiger partial charge < -0.3 is 4.57 Å². The number of halogens is 1. The van der Waals surface area contributed by atoms with Crippen LogP contribution in [0.5, 0.6) is 0 Å². The van der Waals surface area contributed by atoms with E-state index in [9.17, 15) is 0 Å². The van der Waals surface area contributed by atoms with E-state index >= 15 is 0 Å². The molecular weight excluding hydrogens is 378 g/mol. The summed E-state index contributed by atoms with van der Waals surface area (Å²) in [5.74, 6) is 1.68. The Kier molecular flexibility index (Phi) is 5.27. The number of aromatic nitrogens is 5. The minimum Gasteiger partial charge on any atom is -0.337 e. The fraction of sp³-hybridized carbons (Fsp3) is 0.150. The van der Waals surface area contributed by atoms with Crippen molar-refractivity contribution in [3.05, 3.63) is 77.8 Å². The Morgan fingerprint density at radius 2 is 1.78 bits per heavy atom. The van der Waals surface area contributed by atoms with Gasteiger partial charge in [0.05, 0.1) is 6.33 Å². The zero-order chi connectivity index (χ0) is 18.6. The highest BCUT2D eigenvalue weighted by atomic mass is 35.5. The Balaban J connectivity index is 1.67. The summed E-state index contributed by atoms with van der Waals surface area (Å²) in [6.45, 7) is 2.94. The molecule has 0 fully saturated rings. The first-order chi connectivity index (χ1) is 13.2. The number of aryl methyl sites for hydroxylation is 2. The van der Waals surface area contributed by atoms with Gasteiger partial charge >= 0.3 is 0 Å². The molecule has 0 atom stereocenters.